The summed E-state index contributed by atoms with van der Waals surface area (Å²) in [5.74, 6) is 0.210. The largest absolute Gasteiger partial charge is 0.486 e. The molecule has 1 aromatic carbocycles. The Labute approximate surface area is 134 Å². The lowest BCUT2D eigenvalue weighted by Crippen LogP contribution is -2.17. The molecule has 0 aliphatic heterocycles. The van der Waals surface area contributed by atoms with Crippen molar-refractivity contribution in [1.29, 1.82) is 0 Å². The van der Waals surface area contributed by atoms with Gasteiger partial charge in [0.15, 0.2) is 5.75 Å². The van der Waals surface area contributed by atoms with Crippen LogP contribution in [0.5, 0.6) is 17.2 Å². The van der Waals surface area contributed by atoms with Crippen molar-refractivity contribution in [3.8, 4) is 17.2 Å². The quantitative estimate of drug-likeness (QED) is 0.478. The molecule has 0 unspecified atom stereocenters. The predicted molar refractivity (Wildman–Crippen MR) is 85.3 cm³/mol. The third kappa shape index (κ3) is 4.03. The van der Waals surface area contributed by atoms with E-state index in [0.717, 1.165) is 0 Å². The Morgan fingerprint density at radius 1 is 1.04 bits per heavy atom. The second-order valence-electron chi connectivity index (χ2n) is 5.63. The van der Waals surface area contributed by atoms with Gasteiger partial charge in [-0.15, -0.1) is 0 Å². The normalized spacial score (nSPS) is 11.1. The van der Waals surface area contributed by atoms with Crippen LogP contribution in [-0.2, 0) is 4.79 Å². The minimum Gasteiger partial charge on any atom is -0.486 e. The summed E-state index contributed by atoms with van der Waals surface area (Å²) in [5.41, 5.74) is -0.373. The van der Waals surface area contributed by atoms with Crippen molar-refractivity contribution in [3.05, 3.63) is 28.6 Å². The van der Waals surface area contributed by atoms with Crippen LogP contribution < -0.4 is 19.8 Å². The van der Waals surface area contributed by atoms with Crippen LogP contribution in [-0.4, -0.2) is 18.2 Å². The summed E-state index contributed by atoms with van der Waals surface area (Å²) in [6.45, 7) is 8.63. The van der Waals surface area contributed by atoms with Crippen molar-refractivity contribution < 1.29 is 23.4 Å². The Balaban J connectivity index is 2.65. The molecule has 0 saturated carbocycles. The zero-order valence-corrected chi connectivity index (χ0v) is 13.8. The molecule has 0 fully saturated rings. The average molecular weight is 320 g/mol. The summed E-state index contributed by atoms with van der Waals surface area (Å²) in [5, 5.41) is 0.574. The molecule has 6 heteroatoms. The maximum atomic E-state index is 12.2. The first-order chi connectivity index (χ1) is 10.8. The number of carbonyl (C=O) groups is 1. The van der Waals surface area contributed by atoms with Gasteiger partial charge >= 0.3 is 11.6 Å². The molecule has 1 aromatic heterocycles. The molecule has 0 atom stereocenters. The van der Waals surface area contributed by atoms with Crippen molar-refractivity contribution >= 4 is 16.9 Å². The molecule has 0 aliphatic rings. The van der Waals surface area contributed by atoms with Gasteiger partial charge in [0.25, 0.3) is 0 Å². The van der Waals surface area contributed by atoms with Gasteiger partial charge in [0.05, 0.1) is 17.6 Å². The van der Waals surface area contributed by atoms with Crippen LogP contribution in [0.3, 0.4) is 0 Å². The second-order valence-corrected chi connectivity index (χ2v) is 5.63. The van der Waals surface area contributed by atoms with Crippen molar-refractivity contribution in [2.75, 3.05) is 0 Å². The van der Waals surface area contributed by atoms with Crippen molar-refractivity contribution in [2.24, 2.45) is 0 Å². The number of rotatable bonds is 5. The molecule has 0 saturated heterocycles. The molecule has 2 rings (SSSR count). The highest BCUT2D eigenvalue weighted by molar-refractivity contribution is 5.87. The van der Waals surface area contributed by atoms with E-state index in [1.54, 1.807) is 12.1 Å². The van der Waals surface area contributed by atoms with E-state index in [2.05, 4.69) is 0 Å². The maximum absolute atomic E-state index is 12.2. The molecule has 0 spiro atoms. The van der Waals surface area contributed by atoms with Crippen molar-refractivity contribution in [2.45, 2.75) is 46.8 Å². The lowest BCUT2D eigenvalue weighted by molar-refractivity contribution is -0.131. The highest BCUT2D eigenvalue weighted by Crippen LogP contribution is 2.35. The van der Waals surface area contributed by atoms with E-state index in [1.165, 1.54) is 13.0 Å². The third-order valence-electron chi connectivity index (χ3n) is 2.76. The number of benzene rings is 1. The van der Waals surface area contributed by atoms with Crippen LogP contribution in [0.1, 0.15) is 34.6 Å². The third-order valence-corrected chi connectivity index (χ3v) is 2.76. The van der Waals surface area contributed by atoms with Gasteiger partial charge in [-0.3, -0.25) is 4.79 Å². The van der Waals surface area contributed by atoms with Gasteiger partial charge in [-0.1, -0.05) is 0 Å². The monoisotopic (exact) mass is 320 g/mol. The molecule has 6 nitrogen and oxygen atoms in total. The van der Waals surface area contributed by atoms with Crippen LogP contribution >= 0.6 is 0 Å². The average Bonchev–Trinajstić information content (AvgIpc) is 2.41. The second kappa shape index (κ2) is 6.73. The zero-order chi connectivity index (χ0) is 17.1. The summed E-state index contributed by atoms with van der Waals surface area (Å²) >= 11 is 0. The molecule has 0 N–H and O–H groups in total. The summed E-state index contributed by atoms with van der Waals surface area (Å²) in [6, 6.07) is 4.75. The lowest BCUT2D eigenvalue weighted by Gasteiger charge is -2.17. The van der Waals surface area contributed by atoms with Gasteiger partial charge in [0.1, 0.15) is 11.3 Å². The van der Waals surface area contributed by atoms with Crippen molar-refractivity contribution in [3.63, 3.8) is 0 Å². The van der Waals surface area contributed by atoms with Gasteiger partial charge in [-0.25, -0.2) is 4.79 Å². The summed E-state index contributed by atoms with van der Waals surface area (Å²) < 4.78 is 21.6. The van der Waals surface area contributed by atoms with Crippen LogP contribution in [0, 0.1) is 0 Å². The number of carbonyl (C=O) groups excluding carboxylic acids is 1. The summed E-state index contributed by atoms with van der Waals surface area (Å²) in [6.07, 6.45) is -0.354. The number of esters is 1. The Bertz CT molecular complexity index is 772. The highest BCUT2D eigenvalue weighted by atomic mass is 16.5. The lowest BCUT2D eigenvalue weighted by atomic mass is 10.2. The molecule has 0 amide bonds. The molecule has 0 radical (unpaired) electrons. The Morgan fingerprint density at radius 2 is 1.65 bits per heavy atom. The van der Waals surface area contributed by atoms with E-state index in [0.29, 0.717) is 16.9 Å². The van der Waals surface area contributed by atoms with Crippen LogP contribution in [0.15, 0.2) is 27.4 Å². The molecule has 2 aromatic rings. The fraction of sp³-hybridized carbons (Fsp3) is 0.412. The van der Waals surface area contributed by atoms with E-state index < -0.39 is 11.6 Å². The molecule has 124 valence electrons. The summed E-state index contributed by atoms with van der Waals surface area (Å²) in [4.78, 5) is 23.3. The first-order valence-electron chi connectivity index (χ1n) is 7.40. The smallest absolute Gasteiger partial charge is 0.383 e. The molecule has 0 bridgehead atoms. The highest BCUT2D eigenvalue weighted by Gasteiger charge is 2.20. The summed E-state index contributed by atoms with van der Waals surface area (Å²) in [7, 11) is 0. The SMILES string of the molecule is CC(=O)Oc1ccc2c(OC(C)C)c(OC(C)C)c(=O)oc2c1. The van der Waals surface area contributed by atoms with Crippen LogP contribution in [0.4, 0.5) is 0 Å². The minimum absolute atomic E-state index is 0.0430. The van der Waals surface area contributed by atoms with Gasteiger partial charge in [-0.05, 0) is 39.8 Å². The zero-order valence-electron chi connectivity index (χ0n) is 13.8. The fourth-order valence-corrected chi connectivity index (χ4v) is 2.06. The standard InChI is InChI=1S/C17H20O6/c1-9(2)20-15-13-7-6-12(22-11(5)18)8-14(13)23-17(19)16(15)21-10(3)4/h6-10H,1-5H3. The van der Waals surface area contributed by atoms with E-state index in [4.69, 9.17) is 18.6 Å². The Kier molecular flexibility index (Phi) is 4.93. The number of hydrogen-bond acceptors (Lipinski definition) is 6. The van der Waals surface area contributed by atoms with Gasteiger partial charge < -0.3 is 18.6 Å². The number of fused-ring (bicyclic) bond motifs is 1. The van der Waals surface area contributed by atoms with Gasteiger partial charge in [0, 0.05) is 13.0 Å². The molecular weight excluding hydrogens is 300 g/mol. The van der Waals surface area contributed by atoms with E-state index >= 15 is 0 Å². The molecule has 0 aliphatic carbocycles. The number of ether oxygens (including phenoxy) is 3. The van der Waals surface area contributed by atoms with Crippen molar-refractivity contribution in [1.82, 2.24) is 0 Å². The minimum atomic E-state index is -0.637. The topological polar surface area (TPSA) is 75.0 Å². The van der Waals surface area contributed by atoms with E-state index in [1.807, 2.05) is 27.7 Å². The molecule has 23 heavy (non-hydrogen) atoms. The van der Waals surface area contributed by atoms with E-state index in [-0.39, 0.29) is 23.5 Å². The van der Waals surface area contributed by atoms with Gasteiger partial charge in [-0.2, -0.15) is 0 Å². The molecular formula is C17H20O6. The maximum Gasteiger partial charge on any atom is 0.383 e. The van der Waals surface area contributed by atoms with Crippen LogP contribution in [0.2, 0.25) is 0 Å². The first-order valence-corrected chi connectivity index (χ1v) is 7.40. The Hall–Kier alpha value is -2.50. The molecule has 1 heterocycles. The van der Waals surface area contributed by atoms with Gasteiger partial charge in [0.2, 0.25) is 5.75 Å². The van der Waals surface area contributed by atoms with Crippen LogP contribution in [0.25, 0.3) is 11.0 Å². The predicted octanol–water partition coefficient (Wildman–Crippen LogP) is 3.29. The van der Waals surface area contributed by atoms with E-state index in [9.17, 15) is 9.59 Å². The number of hydrogen-bond donors (Lipinski definition) is 0. The fourth-order valence-electron chi connectivity index (χ4n) is 2.06. The first kappa shape index (κ1) is 16.9. The Morgan fingerprint density at radius 3 is 2.22 bits per heavy atom.